The molecular formula is C39H54O5. The highest BCUT2D eigenvalue weighted by Crippen LogP contribution is 2.77. The molecular weight excluding hydrogens is 548 g/mol. The van der Waals surface area contributed by atoms with Crippen LogP contribution in [0.25, 0.3) is 6.08 Å². The lowest BCUT2D eigenvalue weighted by atomic mass is 9.32. The van der Waals surface area contributed by atoms with Gasteiger partial charge in [0, 0.05) is 16.9 Å². The van der Waals surface area contributed by atoms with Gasteiger partial charge in [-0.3, -0.25) is 0 Å². The molecule has 1 unspecified atom stereocenters. The first kappa shape index (κ1) is 31.4. The molecule has 0 radical (unpaired) electrons. The molecule has 6 rings (SSSR count). The molecule has 44 heavy (non-hydrogen) atoms. The molecule has 0 heterocycles. The predicted octanol–water partition coefficient (Wildman–Crippen LogP) is 8.88. The van der Waals surface area contributed by atoms with E-state index >= 15 is 0 Å². The molecule has 240 valence electrons. The molecule has 5 aliphatic carbocycles. The van der Waals surface area contributed by atoms with Gasteiger partial charge < -0.3 is 19.7 Å². The Morgan fingerprint density at radius 1 is 0.886 bits per heavy atom. The number of hydrogen-bond acceptors (Lipinski definition) is 5. The quantitative estimate of drug-likeness (QED) is 0.116. The van der Waals surface area contributed by atoms with Crippen molar-refractivity contribution in [2.24, 2.45) is 56.7 Å². The fourth-order valence-electron chi connectivity index (χ4n) is 12.6. The van der Waals surface area contributed by atoms with Gasteiger partial charge in [0.1, 0.15) is 12.4 Å². The number of allylic oxidation sites excluding steroid dienone is 1. The van der Waals surface area contributed by atoms with Crippen LogP contribution in [0.3, 0.4) is 0 Å². The standard InChI is InChI=1S/C39H54O5/c1-24(2)26-14-19-39(23-40)21-20-37(6)27(34(26)39)10-12-31-36(5)17-16-32(35(3,4)30(36)15-18-38(31,37)7)44-33(43)13-9-25-8-11-28(41)29(42)22-25/h8-9,11,13,22-23,26-27,30-32,34,41-42H,1,10,12,14-21H2,2-7H3/b13-9+/t26-,27+,30-,31+,32?,34+,36-,37+,38+,39+/m0/s1. The largest absolute Gasteiger partial charge is 0.504 e. The second-order valence-electron chi connectivity index (χ2n) is 16.9. The number of ether oxygens (including phenoxy) is 1. The maximum absolute atomic E-state index is 13.0. The van der Waals surface area contributed by atoms with Crippen LogP contribution in [0.5, 0.6) is 11.5 Å². The van der Waals surface area contributed by atoms with Crippen LogP contribution in [-0.4, -0.2) is 28.6 Å². The Bertz CT molecular complexity index is 1380. The SMILES string of the molecule is C=C(C)[C@@H]1CC[C@]2(C=O)CC[C@]3(C)[C@H](CC[C@@H]4[C@@]5(C)CCC(OC(=O)/C=C/c6ccc(O)c(O)c6)C(C)(C)[C@@H]5CC[C@]43C)[C@@H]12. The van der Waals surface area contributed by atoms with Crippen molar-refractivity contribution in [3.63, 3.8) is 0 Å². The van der Waals surface area contributed by atoms with Crippen molar-refractivity contribution >= 4 is 18.3 Å². The summed E-state index contributed by atoms with van der Waals surface area (Å²) in [6.45, 7) is 19.0. The number of carbonyl (C=O) groups is 2. The van der Waals surface area contributed by atoms with E-state index in [1.54, 1.807) is 12.1 Å². The summed E-state index contributed by atoms with van der Waals surface area (Å²) in [6, 6.07) is 4.49. The number of phenolic OH excluding ortho intramolecular Hbond substituents is 2. The number of carbonyl (C=O) groups excluding carboxylic acids is 2. The van der Waals surface area contributed by atoms with Crippen molar-refractivity contribution in [3.8, 4) is 11.5 Å². The first-order valence-electron chi connectivity index (χ1n) is 17.2. The Morgan fingerprint density at radius 2 is 1.64 bits per heavy atom. The molecule has 2 N–H and O–H groups in total. The molecule has 1 aromatic carbocycles. The summed E-state index contributed by atoms with van der Waals surface area (Å²) in [5.41, 5.74) is 2.20. The fraction of sp³-hybridized carbons (Fsp3) is 0.692. The zero-order valence-electron chi connectivity index (χ0n) is 27.8. The van der Waals surface area contributed by atoms with Crippen molar-refractivity contribution in [1.29, 1.82) is 0 Å². The van der Waals surface area contributed by atoms with Gasteiger partial charge in [-0.15, -0.1) is 0 Å². The Balaban J connectivity index is 1.23. The van der Waals surface area contributed by atoms with E-state index in [9.17, 15) is 19.8 Å². The van der Waals surface area contributed by atoms with Crippen LogP contribution in [0.4, 0.5) is 0 Å². The van der Waals surface area contributed by atoms with Crippen molar-refractivity contribution in [1.82, 2.24) is 0 Å². The Morgan fingerprint density at radius 3 is 2.32 bits per heavy atom. The maximum Gasteiger partial charge on any atom is 0.331 e. The summed E-state index contributed by atoms with van der Waals surface area (Å²) in [5, 5.41) is 19.4. The van der Waals surface area contributed by atoms with E-state index < -0.39 is 0 Å². The molecule has 5 heteroatoms. The summed E-state index contributed by atoms with van der Waals surface area (Å²) in [6.07, 6.45) is 15.3. The van der Waals surface area contributed by atoms with Gasteiger partial charge in [0.05, 0.1) is 0 Å². The molecule has 10 atom stereocenters. The van der Waals surface area contributed by atoms with Crippen molar-refractivity contribution in [3.05, 3.63) is 42.0 Å². The molecule has 0 spiro atoms. The van der Waals surface area contributed by atoms with Crippen LogP contribution in [0.15, 0.2) is 36.4 Å². The smallest absolute Gasteiger partial charge is 0.331 e. The second-order valence-corrected chi connectivity index (χ2v) is 16.9. The van der Waals surface area contributed by atoms with Gasteiger partial charge in [-0.25, -0.2) is 4.79 Å². The minimum Gasteiger partial charge on any atom is -0.504 e. The van der Waals surface area contributed by atoms with Crippen LogP contribution < -0.4 is 0 Å². The maximum atomic E-state index is 13.0. The highest BCUT2D eigenvalue weighted by atomic mass is 16.5. The van der Waals surface area contributed by atoms with Crippen molar-refractivity contribution < 1.29 is 24.5 Å². The molecule has 5 nitrogen and oxygen atoms in total. The molecule has 5 saturated carbocycles. The fourth-order valence-corrected chi connectivity index (χ4v) is 12.6. The van der Waals surface area contributed by atoms with E-state index in [1.807, 2.05) is 0 Å². The van der Waals surface area contributed by atoms with Gasteiger partial charge >= 0.3 is 5.97 Å². The molecule has 5 fully saturated rings. The van der Waals surface area contributed by atoms with Gasteiger partial charge in [0.2, 0.25) is 0 Å². The third-order valence-corrected chi connectivity index (χ3v) is 15.0. The minimum atomic E-state index is -0.364. The van der Waals surface area contributed by atoms with Gasteiger partial charge in [0.15, 0.2) is 11.5 Å². The van der Waals surface area contributed by atoms with Gasteiger partial charge in [-0.2, -0.15) is 0 Å². The monoisotopic (exact) mass is 602 g/mol. The number of benzene rings is 1. The number of aromatic hydroxyl groups is 2. The molecule has 5 aliphatic rings. The van der Waals surface area contributed by atoms with Crippen LogP contribution in [0.1, 0.15) is 111 Å². The van der Waals surface area contributed by atoms with Crippen LogP contribution in [0, 0.1) is 56.7 Å². The zero-order chi connectivity index (χ0) is 31.9. The molecule has 0 amide bonds. The third kappa shape index (κ3) is 4.37. The number of fused-ring (bicyclic) bond motifs is 7. The summed E-state index contributed by atoms with van der Waals surface area (Å²) >= 11 is 0. The number of phenols is 2. The van der Waals surface area contributed by atoms with Crippen LogP contribution >= 0.6 is 0 Å². The number of aldehydes is 1. The lowest BCUT2D eigenvalue weighted by Crippen LogP contribution is -2.66. The van der Waals surface area contributed by atoms with Crippen molar-refractivity contribution in [2.45, 2.75) is 112 Å². The van der Waals surface area contributed by atoms with Crippen LogP contribution in [0.2, 0.25) is 0 Å². The lowest BCUT2D eigenvalue weighted by Gasteiger charge is -2.72. The molecule has 0 saturated heterocycles. The Hall–Kier alpha value is -2.56. The van der Waals surface area contributed by atoms with E-state index in [0.29, 0.717) is 35.2 Å². The Labute approximate surface area is 264 Å². The topological polar surface area (TPSA) is 83.8 Å². The lowest BCUT2D eigenvalue weighted by molar-refractivity contribution is -0.247. The predicted molar refractivity (Wildman–Crippen MR) is 174 cm³/mol. The van der Waals surface area contributed by atoms with E-state index in [4.69, 9.17) is 4.74 Å². The normalized spacial score (nSPS) is 44.1. The second kappa shape index (κ2) is 10.5. The average molecular weight is 603 g/mol. The summed E-state index contributed by atoms with van der Waals surface area (Å²) in [5.74, 6) is 1.79. The Kier molecular flexibility index (Phi) is 7.49. The first-order valence-corrected chi connectivity index (χ1v) is 17.2. The third-order valence-electron chi connectivity index (χ3n) is 15.0. The molecule has 0 bridgehead atoms. The first-order chi connectivity index (χ1) is 20.6. The summed E-state index contributed by atoms with van der Waals surface area (Å²) < 4.78 is 6.17. The minimum absolute atomic E-state index is 0.151. The number of hydrogen-bond donors (Lipinski definition) is 2. The van der Waals surface area contributed by atoms with Crippen LogP contribution in [-0.2, 0) is 14.3 Å². The van der Waals surface area contributed by atoms with E-state index in [-0.39, 0.29) is 50.6 Å². The van der Waals surface area contributed by atoms with Gasteiger partial charge in [0.25, 0.3) is 0 Å². The molecule has 0 aromatic heterocycles. The highest BCUT2D eigenvalue weighted by Gasteiger charge is 2.71. The summed E-state index contributed by atoms with van der Waals surface area (Å²) in [4.78, 5) is 25.7. The van der Waals surface area contributed by atoms with Gasteiger partial charge in [-0.05, 0) is 141 Å². The van der Waals surface area contributed by atoms with E-state index in [1.165, 1.54) is 49.3 Å². The molecule has 1 aromatic rings. The number of esters is 1. The van der Waals surface area contributed by atoms with Gasteiger partial charge in [-0.1, -0.05) is 52.8 Å². The average Bonchev–Trinajstić information content (AvgIpc) is 3.36. The van der Waals surface area contributed by atoms with E-state index in [2.05, 4.69) is 48.1 Å². The highest BCUT2D eigenvalue weighted by molar-refractivity contribution is 5.87. The van der Waals surface area contributed by atoms with E-state index in [0.717, 1.165) is 44.9 Å². The zero-order valence-corrected chi connectivity index (χ0v) is 27.8. The van der Waals surface area contributed by atoms with Crippen molar-refractivity contribution in [2.75, 3.05) is 0 Å². The molecule has 0 aliphatic heterocycles. The summed E-state index contributed by atoms with van der Waals surface area (Å²) in [7, 11) is 0. The number of rotatable bonds is 5.